The summed E-state index contributed by atoms with van der Waals surface area (Å²) in [6.45, 7) is 0.0780. The molecule has 0 spiro atoms. The monoisotopic (exact) mass is 416 g/mol. The first-order valence-electron chi connectivity index (χ1n) is 10.5. The molecule has 0 fully saturated rings. The fourth-order valence-electron chi connectivity index (χ4n) is 4.49. The number of para-hydroxylation sites is 2. The number of aromatic amines is 1. The van der Waals surface area contributed by atoms with Crippen molar-refractivity contribution in [2.75, 3.05) is 18.6 Å². The summed E-state index contributed by atoms with van der Waals surface area (Å²) in [6.07, 6.45) is 2.55. The average Bonchev–Trinajstić information content (AvgIpc) is 3.20. The third-order valence-corrected chi connectivity index (χ3v) is 6.20. The summed E-state index contributed by atoms with van der Waals surface area (Å²) in [5, 5.41) is 10.2. The van der Waals surface area contributed by atoms with Crippen molar-refractivity contribution in [3.05, 3.63) is 77.1 Å². The topological polar surface area (TPSA) is 87.3 Å². The van der Waals surface area contributed by atoms with Gasteiger partial charge in [0.1, 0.15) is 18.4 Å². The third kappa shape index (κ3) is 3.56. The fraction of sp³-hybridized carbons (Fsp3) is 0.292. The minimum atomic E-state index is -0.780. The van der Waals surface area contributed by atoms with Crippen molar-refractivity contribution >= 4 is 17.5 Å². The number of carbonyl (C=O) groups is 2. The molecule has 2 amide bonds. The van der Waals surface area contributed by atoms with Gasteiger partial charge in [0, 0.05) is 18.3 Å². The predicted molar refractivity (Wildman–Crippen MR) is 116 cm³/mol. The maximum absolute atomic E-state index is 13.0. The van der Waals surface area contributed by atoms with E-state index in [1.54, 1.807) is 7.05 Å². The number of amides is 2. The molecular formula is C24H24N4O3. The van der Waals surface area contributed by atoms with Crippen LogP contribution in [-0.4, -0.2) is 41.7 Å². The number of ether oxygens (including phenoxy) is 1. The molecular weight excluding hydrogens is 392 g/mol. The summed E-state index contributed by atoms with van der Waals surface area (Å²) in [4.78, 5) is 27.4. The Bertz CT molecular complexity index is 1120. The van der Waals surface area contributed by atoms with E-state index in [9.17, 15) is 9.59 Å². The summed E-state index contributed by atoms with van der Waals surface area (Å²) >= 11 is 0. The van der Waals surface area contributed by atoms with E-state index in [-0.39, 0.29) is 18.4 Å². The van der Waals surface area contributed by atoms with Gasteiger partial charge in [-0.05, 0) is 42.9 Å². The van der Waals surface area contributed by atoms with Gasteiger partial charge in [0.15, 0.2) is 5.69 Å². The average molecular weight is 416 g/mol. The molecule has 2 unspecified atom stereocenters. The lowest BCUT2D eigenvalue weighted by Gasteiger charge is -2.23. The lowest BCUT2D eigenvalue weighted by Crippen LogP contribution is -2.49. The highest BCUT2D eigenvalue weighted by Crippen LogP contribution is 2.33. The van der Waals surface area contributed by atoms with Crippen molar-refractivity contribution in [1.29, 1.82) is 0 Å². The molecule has 2 N–H and O–H groups in total. The van der Waals surface area contributed by atoms with Gasteiger partial charge in [-0.15, -0.1) is 0 Å². The van der Waals surface area contributed by atoms with Crippen molar-refractivity contribution in [1.82, 2.24) is 15.5 Å². The second kappa shape index (κ2) is 7.91. The Hall–Kier alpha value is -3.61. The van der Waals surface area contributed by atoms with Crippen molar-refractivity contribution in [2.45, 2.75) is 31.2 Å². The van der Waals surface area contributed by atoms with Crippen LogP contribution >= 0.6 is 0 Å². The Labute approximate surface area is 180 Å². The molecule has 1 aromatic heterocycles. The molecule has 1 aliphatic heterocycles. The van der Waals surface area contributed by atoms with Crippen LogP contribution in [0.3, 0.4) is 0 Å². The Balaban J connectivity index is 1.31. The number of carbonyl (C=O) groups excluding carboxylic acids is 2. The quantitative estimate of drug-likeness (QED) is 0.687. The number of hydrogen-bond donors (Lipinski definition) is 2. The maximum Gasteiger partial charge on any atom is 0.272 e. The second-order valence-electron chi connectivity index (χ2n) is 8.08. The van der Waals surface area contributed by atoms with E-state index in [4.69, 9.17) is 4.74 Å². The smallest absolute Gasteiger partial charge is 0.272 e. The van der Waals surface area contributed by atoms with Gasteiger partial charge >= 0.3 is 0 Å². The number of nitrogens with zero attached hydrogens (tertiary/aromatic N) is 2. The van der Waals surface area contributed by atoms with E-state index >= 15 is 0 Å². The molecule has 2 atom stereocenters. The van der Waals surface area contributed by atoms with E-state index in [1.165, 1.54) is 10.5 Å². The zero-order chi connectivity index (χ0) is 21.4. The van der Waals surface area contributed by atoms with Crippen LogP contribution in [0.15, 0.2) is 54.6 Å². The van der Waals surface area contributed by atoms with Crippen LogP contribution in [0.1, 0.15) is 39.6 Å². The number of benzene rings is 2. The van der Waals surface area contributed by atoms with Crippen LogP contribution in [0, 0.1) is 0 Å². The van der Waals surface area contributed by atoms with Crippen molar-refractivity contribution in [3.63, 3.8) is 0 Å². The number of likely N-dealkylation sites (N-methyl/N-ethyl adjacent to an activating group) is 1. The molecule has 2 heterocycles. The summed E-state index contributed by atoms with van der Waals surface area (Å²) in [5.41, 5.74) is 4.31. The summed E-state index contributed by atoms with van der Waals surface area (Å²) in [5.74, 6) is 0.470. The van der Waals surface area contributed by atoms with Gasteiger partial charge < -0.3 is 15.0 Å². The zero-order valence-electron chi connectivity index (χ0n) is 17.3. The van der Waals surface area contributed by atoms with Gasteiger partial charge in [-0.25, -0.2) is 0 Å². The van der Waals surface area contributed by atoms with Crippen LogP contribution in [0.5, 0.6) is 5.75 Å². The van der Waals surface area contributed by atoms with Crippen LogP contribution < -0.4 is 15.0 Å². The molecule has 0 saturated carbocycles. The standard InChI is InChI=1S/C24H24N4O3/c1-28-20-9-5-6-10-21(20)31-14-19(24(28)30)25-23(29)22-17-12-11-16(13-18(17)26-27-22)15-7-3-2-4-8-15/h2-10,16,19H,11-14H2,1H3,(H,25,29)(H,26,27). The van der Waals surface area contributed by atoms with Crippen molar-refractivity contribution in [3.8, 4) is 5.75 Å². The molecule has 158 valence electrons. The number of nitrogens with one attached hydrogen (secondary N) is 2. The van der Waals surface area contributed by atoms with Gasteiger partial charge in [-0.3, -0.25) is 14.7 Å². The molecule has 31 heavy (non-hydrogen) atoms. The molecule has 3 aromatic rings. The number of rotatable bonds is 3. The van der Waals surface area contributed by atoms with Gasteiger partial charge in [-0.2, -0.15) is 5.10 Å². The molecule has 1 aliphatic carbocycles. The Morgan fingerprint density at radius 1 is 1.16 bits per heavy atom. The second-order valence-corrected chi connectivity index (χ2v) is 8.08. The van der Waals surface area contributed by atoms with Gasteiger partial charge in [-0.1, -0.05) is 42.5 Å². The molecule has 0 bridgehead atoms. The molecule has 7 heteroatoms. The molecule has 0 radical (unpaired) electrons. The van der Waals surface area contributed by atoms with Crippen LogP contribution in [-0.2, 0) is 17.6 Å². The lowest BCUT2D eigenvalue weighted by atomic mass is 9.82. The number of H-pyrrole nitrogens is 1. The first kappa shape index (κ1) is 19.4. The molecule has 7 nitrogen and oxygen atoms in total. The van der Waals surface area contributed by atoms with E-state index < -0.39 is 6.04 Å². The number of fused-ring (bicyclic) bond motifs is 2. The lowest BCUT2D eigenvalue weighted by molar-refractivity contribution is -0.120. The van der Waals surface area contributed by atoms with E-state index in [0.717, 1.165) is 30.5 Å². The van der Waals surface area contributed by atoms with Crippen LogP contribution in [0.4, 0.5) is 5.69 Å². The minimum absolute atomic E-state index is 0.0780. The van der Waals surface area contributed by atoms with Gasteiger partial charge in [0.25, 0.3) is 11.8 Å². The number of hydrogen-bond acceptors (Lipinski definition) is 4. The third-order valence-electron chi connectivity index (χ3n) is 6.20. The molecule has 0 saturated heterocycles. The minimum Gasteiger partial charge on any atom is -0.489 e. The fourth-order valence-corrected chi connectivity index (χ4v) is 4.49. The van der Waals surface area contributed by atoms with Gasteiger partial charge in [0.2, 0.25) is 0 Å². The highest BCUT2D eigenvalue weighted by molar-refractivity contribution is 6.03. The highest BCUT2D eigenvalue weighted by atomic mass is 16.5. The molecule has 5 rings (SSSR count). The first-order valence-corrected chi connectivity index (χ1v) is 10.5. The number of anilines is 1. The first-order chi connectivity index (χ1) is 15.1. The normalized spacial score (nSPS) is 20.3. The zero-order valence-corrected chi connectivity index (χ0v) is 17.3. The van der Waals surface area contributed by atoms with Crippen molar-refractivity contribution < 1.29 is 14.3 Å². The predicted octanol–water partition coefficient (Wildman–Crippen LogP) is 2.84. The summed E-state index contributed by atoms with van der Waals surface area (Å²) < 4.78 is 5.79. The Kier molecular flexibility index (Phi) is 4.94. The maximum atomic E-state index is 13.0. The van der Waals surface area contributed by atoms with E-state index in [0.29, 0.717) is 23.0 Å². The van der Waals surface area contributed by atoms with Gasteiger partial charge in [0.05, 0.1) is 5.69 Å². The van der Waals surface area contributed by atoms with Crippen LogP contribution in [0.2, 0.25) is 0 Å². The largest absolute Gasteiger partial charge is 0.489 e. The number of aromatic nitrogens is 2. The Morgan fingerprint density at radius 3 is 2.77 bits per heavy atom. The van der Waals surface area contributed by atoms with E-state index in [1.807, 2.05) is 30.3 Å². The van der Waals surface area contributed by atoms with Crippen LogP contribution in [0.25, 0.3) is 0 Å². The van der Waals surface area contributed by atoms with Crippen molar-refractivity contribution in [2.24, 2.45) is 0 Å². The SMILES string of the molecule is CN1C(=O)C(NC(=O)c2n[nH]c3c2CCC(c2ccccc2)C3)COc2ccccc21. The highest BCUT2D eigenvalue weighted by Gasteiger charge is 2.33. The molecule has 2 aliphatic rings. The Morgan fingerprint density at radius 2 is 1.94 bits per heavy atom. The van der Waals surface area contributed by atoms with E-state index in [2.05, 4.69) is 39.8 Å². The summed E-state index contributed by atoms with van der Waals surface area (Å²) in [6, 6.07) is 17.0. The molecule has 2 aromatic carbocycles. The summed E-state index contributed by atoms with van der Waals surface area (Å²) in [7, 11) is 1.69.